The van der Waals surface area contributed by atoms with Gasteiger partial charge < -0.3 is 0 Å². The van der Waals surface area contributed by atoms with Gasteiger partial charge in [-0.25, -0.2) is 4.39 Å². The van der Waals surface area contributed by atoms with Crippen LogP contribution in [0.15, 0.2) is 48.5 Å². The van der Waals surface area contributed by atoms with Crippen LogP contribution in [0.1, 0.15) is 15.9 Å². The molecule has 0 aliphatic carbocycles. The molecule has 1 aromatic heterocycles. The summed E-state index contributed by atoms with van der Waals surface area (Å²) in [4.78, 5) is 0. The van der Waals surface area contributed by atoms with Crippen molar-refractivity contribution >= 4 is 34.5 Å². The maximum absolute atomic E-state index is 13.5. The Morgan fingerprint density at radius 2 is 1.81 bits per heavy atom. The molecule has 0 radical (unpaired) electrons. The average molecular weight is 339 g/mol. The second-order valence-electron chi connectivity index (χ2n) is 4.35. The summed E-state index contributed by atoms with van der Waals surface area (Å²) < 4.78 is 13.5. The number of hydrogen-bond donors (Lipinski definition) is 0. The largest absolute Gasteiger partial charge is 0.205 e. The van der Waals surface area contributed by atoms with Crippen molar-refractivity contribution in [2.75, 3.05) is 0 Å². The van der Waals surface area contributed by atoms with E-state index in [1.807, 2.05) is 30.3 Å². The number of benzene rings is 2. The van der Waals surface area contributed by atoms with Crippen LogP contribution in [0.4, 0.5) is 4.39 Å². The summed E-state index contributed by atoms with van der Waals surface area (Å²) in [6.45, 7) is 0. The fourth-order valence-corrected chi connectivity index (χ4v) is 3.13. The van der Waals surface area contributed by atoms with E-state index in [4.69, 9.17) is 23.2 Å². The molecular weight excluding hydrogens is 330 g/mol. The Balaban J connectivity index is 1.91. The fraction of sp³-hybridized carbons (Fsp3) is 0.0667. The van der Waals surface area contributed by atoms with Crippen molar-refractivity contribution in [2.45, 2.75) is 5.38 Å². The van der Waals surface area contributed by atoms with Gasteiger partial charge in [0.1, 0.15) is 21.2 Å². The zero-order valence-electron chi connectivity index (χ0n) is 10.6. The summed E-state index contributed by atoms with van der Waals surface area (Å²) in [5.74, 6) is -0.476. The molecular formula is C15H9Cl2FN2S. The standard InChI is InChI=1S/C15H9Cl2FN2S/c16-11-7-6-10(8-12(11)18)14-19-20-15(21-14)13(17)9-4-2-1-3-5-9/h1-8,13H. The maximum atomic E-state index is 13.5. The van der Waals surface area contributed by atoms with Crippen LogP contribution in [-0.4, -0.2) is 10.2 Å². The molecule has 1 atom stereocenters. The molecule has 3 aromatic rings. The third-order valence-corrected chi connectivity index (χ3v) is 4.85. The van der Waals surface area contributed by atoms with Crippen LogP contribution >= 0.6 is 34.5 Å². The number of hydrogen-bond acceptors (Lipinski definition) is 3. The Labute approximate surface area is 135 Å². The Hall–Kier alpha value is -1.49. The van der Waals surface area contributed by atoms with E-state index < -0.39 is 5.82 Å². The van der Waals surface area contributed by atoms with Gasteiger partial charge in [-0.2, -0.15) is 0 Å². The molecule has 0 spiro atoms. The van der Waals surface area contributed by atoms with Gasteiger partial charge in [0.2, 0.25) is 0 Å². The van der Waals surface area contributed by atoms with Gasteiger partial charge in [0, 0.05) is 5.56 Å². The highest BCUT2D eigenvalue weighted by Gasteiger charge is 2.17. The van der Waals surface area contributed by atoms with Gasteiger partial charge in [-0.3, -0.25) is 0 Å². The normalized spacial score (nSPS) is 12.3. The number of halogens is 3. The first-order valence-electron chi connectivity index (χ1n) is 6.13. The van der Waals surface area contributed by atoms with Crippen LogP contribution in [-0.2, 0) is 0 Å². The van der Waals surface area contributed by atoms with Crippen molar-refractivity contribution in [3.05, 3.63) is 69.9 Å². The minimum atomic E-state index is -0.476. The van der Waals surface area contributed by atoms with E-state index in [2.05, 4.69) is 10.2 Å². The molecule has 106 valence electrons. The van der Waals surface area contributed by atoms with E-state index in [1.54, 1.807) is 6.07 Å². The second kappa shape index (κ2) is 6.10. The smallest absolute Gasteiger partial charge is 0.147 e. The van der Waals surface area contributed by atoms with Crippen LogP contribution in [0.3, 0.4) is 0 Å². The fourth-order valence-electron chi connectivity index (χ4n) is 1.85. The van der Waals surface area contributed by atoms with Crippen molar-refractivity contribution in [1.82, 2.24) is 10.2 Å². The molecule has 0 amide bonds. The first-order chi connectivity index (χ1) is 10.1. The predicted octanol–water partition coefficient (Wildman–Crippen LogP) is 5.33. The Morgan fingerprint density at radius 3 is 2.52 bits per heavy atom. The predicted molar refractivity (Wildman–Crippen MR) is 84.5 cm³/mol. The summed E-state index contributed by atoms with van der Waals surface area (Å²) in [6.07, 6.45) is 0. The molecule has 0 saturated heterocycles. The van der Waals surface area contributed by atoms with E-state index in [9.17, 15) is 4.39 Å². The average Bonchev–Trinajstić information content (AvgIpc) is 3.00. The van der Waals surface area contributed by atoms with Gasteiger partial charge in [0.25, 0.3) is 0 Å². The quantitative estimate of drug-likeness (QED) is 0.603. The molecule has 21 heavy (non-hydrogen) atoms. The molecule has 1 heterocycles. The summed E-state index contributed by atoms with van der Waals surface area (Å²) in [5.41, 5.74) is 1.58. The molecule has 1 unspecified atom stereocenters. The van der Waals surface area contributed by atoms with Gasteiger partial charge in [0.05, 0.1) is 5.02 Å². The van der Waals surface area contributed by atoms with Crippen molar-refractivity contribution in [1.29, 1.82) is 0 Å². The first kappa shape index (κ1) is 14.4. The lowest BCUT2D eigenvalue weighted by Crippen LogP contribution is -1.91. The monoisotopic (exact) mass is 338 g/mol. The summed E-state index contributed by atoms with van der Waals surface area (Å²) in [5, 5.41) is 9.19. The van der Waals surface area contributed by atoms with Gasteiger partial charge >= 0.3 is 0 Å². The van der Waals surface area contributed by atoms with Crippen LogP contribution in [0, 0.1) is 5.82 Å². The van der Waals surface area contributed by atoms with Gasteiger partial charge in [-0.05, 0) is 17.7 Å². The number of rotatable bonds is 3. The minimum Gasteiger partial charge on any atom is -0.205 e. The molecule has 0 aliphatic rings. The van der Waals surface area contributed by atoms with E-state index in [0.717, 1.165) is 5.56 Å². The molecule has 2 aromatic carbocycles. The molecule has 3 rings (SSSR count). The highest BCUT2D eigenvalue weighted by atomic mass is 35.5. The van der Waals surface area contributed by atoms with E-state index in [1.165, 1.54) is 23.5 Å². The molecule has 0 bridgehead atoms. The highest BCUT2D eigenvalue weighted by Crippen LogP contribution is 2.34. The third kappa shape index (κ3) is 3.07. The number of aromatic nitrogens is 2. The van der Waals surface area contributed by atoms with Crippen molar-refractivity contribution in [3.8, 4) is 10.6 Å². The van der Waals surface area contributed by atoms with Gasteiger partial charge in [-0.15, -0.1) is 21.8 Å². The van der Waals surface area contributed by atoms with Gasteiger partial charge in [-0.1, -0.05) is 59.3 Å². The highest BCUT2D eigenvalue weighted by molar-refractivity contribution is 7.15. The van der Waals surface area contributed by atoms with Crippen molar-refractivity contribution in [2.24, 2.45) is 0 Å². The van der Waals surface area contributed by atoms with Crippen LogP contribution in [0.5, 0.6) is 0 Å². The third-order valence-electron chi connectivity index (χ3n) is 2.92. The van der Waals surface area contributed by atoms with E-state index >= 15 is 0 Å². The Kier molecular flexibility index (Phi) is 4.19. The summed E-state index contributed by atoms with van der Waals surface area (Å²) in [6, 6.07) is 14.2. The van der Waals surface area contributed by atoms with Crippen molar-refractivity contribution in [3.63, 3.8) is 0 Å². The summed E-state index contributed by atoms with van der Waals surface area (Å²) >= 11 is 13.4. The van der Waals surface area contributed by atoms with Crippen LogP contribution in [0.25, 0.3) is 10.6 Å². The second-order valence-corrected chi connectivity index (χ2v) is 6.20. The topological polar surface area (TPSA) is 25.8 Å². The summed E-state index contributed by atoms with van der Waals surface area (Å²) in [7, 11) is 0. The molecule has 0 N–H and O–H groups in total. The maximum Gasteiger partial charge on any atom is 0.147 e. The van der Waals surface area contributed by atoms with Crippen molar-refractivity contribution < 1.29 is 4.39 Å². The number of alkyl halides is 1. The SMILES string of the molecule is Fc1cc(-c2nnc(C(Cl)c3ccccc3)s2)ccc1Cl. The number of nitrogens with zero attached hydrogens (tertiary/aromatic N) is 2. The minimum absolute atomic E-state index is 0.0861. The molecule has 0 saturated carbocycles. The zero-order valence-corrected chi connectivity index (χ0v) is 13.0. The first-order valence-corrected chi connectivity index (χ1v) is 7.76. The van der Waals surface area contributed by atoms with Crippen LogP contribution in [0.2, 0.25) is 5.02 Å². The molecule has 2 nitrogen and oxygen atoms in total. The van der Waals surface area contributed by atoms with E-state index in [-0.39, 0.29) is 10.4 Å². The Bertz CT molecular complexity index is 761. The molecule has 0 aliphatic heterocycles. The lowest BCUT2D eigenvalue weighted by atomic mass is 10.1. The lowest BCUT2D eigenvalue weighted by Gasteiger charge is -2.04. The Morgan fingerprint density at radius 1 is 1.05 bits per heavy atom. The lowest BCUT2D eigenvalue weighted by molar-refractivity contribution is 0.629. The van der Waals surface area contributed by atoms with Crippen LogP contribution < -0.4 is 0 Å². The molecule has 6 heteroatoms. The molecule has 0 fully saturated rings. The van der Waals surface area contributed by atoms with E-state index in [0.29, 0.717) is 15.6 Å². The van der Waals surface area contributed by atoms with Gasteiger partial charge in [0.15, 0.2) is 0 Å². The zero-order chi connectivity index (χ0) is 14.8.